The van der Waals surface area contributed by atoms with Crippen LogP contribution in [0.2, 0.25) is 0 Å². The van der Waals surface area contributed by atoms with Gasteiger partial charge in [-0.05, 0) is 56.6 Å². The fourth-order valence-corrected chi connectivity index (χ4v) is 7.26. The molecule has 0 aromatic heterocycles. The van der Waals surface area contributed by atoms with Crippen LogP contribution in [0.25, 0.3) is 0 Å². The van der Waals surface area contributed by atoms with E-state index in [4.69, 9.17) is 0 Å². The molecule has 0 aromatic carbocycles. The lowest BCUT2D eigenvalue weighted by molar-refractivity contribution is -0.219. The highest BCUT2D eigenvalue weighted by Gasteiger charge is 2.75. The van der Waals surface area contributed by atoms with Crippen molar-refractivity contribution in [1.29, 1.82) is 0 Å². The van der Waals surface area contributed by atoms with E-state index >= 15 is 4.39 Å². The molecule has 8 atom stereocenters. The van der Waals surface area contributed by atoms with E-state index in [-0.39, 0.29) is 18.1 Å². The standard InChI is InChI=1S/C22H29FO5/c1-12-8-16-15-5-4-13-9-14(25)6-7-19(13,2)21(15,23)17(26)10-20(16,3)22(12,28)18(27)11-24/h6-7,9,12,15-17,24,26,28H,4-5,8,10-11H2,1-3H3/t12-,15+,16+,17?,19?,20+,21?,22+/m1/s1. The molecule has 3 saturated carbocycles. The molecule has 3 unspecified atom stereocenters. The summed E-state index contributed by atoms with van der Waals surface area (Å²) in [6.07, 6.45) is 4.44. The van der Waals surface area contributed by atoms with E-state index < -0.39 is 52.4 Å². The van der Waals surface area contributed by atoms with Crippen LogP contribution in [0.5, 0.6) is 0 Å². The van der Waals surface area contributed by atoms with E-state index in [2.05, 4.69) is 0 Å². The minimum atomic E-state index is -1.98. The number of allylic oxidation sites excluding steroid dienone is 4. The molecule has 0 radical (unpaired) electrons. The molecule has 0 spiro atoms. The molecule has 3 N–H and O–H groups in total. The Labute approximate surface area is 164 Å². The first-order valence-corrected chi connectivity index (χ1v) is 10.1. The van der Waals surface area contributed by atoms with Crippen molar-refractivity contribution in [2.75, 3.05) is 6.61 Å². The van der Waals surface area contributed by atoms with E-state index in [9.17, 15) is 24.9 Å². The summed E-state index contributed by atoms with van der Waals surface area (Å²) in [6, 6.07) is 0. The molecule has 4 rings (SSSR count). The van der Waals surface area contributed by atoms with Gasteiger partial charge in [0.1, 0.15) is 12.2 Å². The van der Waals surface area contributed by atoms with Crippen LogP contribution >= 0.6 is 0 Å². The van der Waals surface area contributed by atoms with Gasteiger partial charge >= 0.3 is 0 Å². The predicted octanol–water partition coefficient (Wildman–Crippen LogP) is 1.90. The predicted molar refractivity (Wildman–Crippen MR) is 99.9 cm³/mol. The number of carbonyl (C=O) groups excluding carboxylic acids is 2. The van der Waals surface area contributed by atoms with Gasteiger partial charge < -0.3 is 15.3 Å². The largest absolute Gasteiger partial charge is 0.390 e. The summed E-state index contributed by atoms with van der Waals surface area (Å²) in [4.78, 5) is 24.4. The first-order chi connectivity index (χ1) is 13.0. The number of aliphatic hydroxyl groups is 3. The van der Waals surface area contributed by atoms with Gasteiger partial charge in [0.05, 0.1) is 6.10 Å². The fraction of sp³-hybridized carbons (Fsp3) is 0.727. The summed E-state index contributed by atoms with van der Waals surface area (Å²) in [6.45, 7) is 4.48. The molecular formula is C22H29FO5. The molecule has 6 heteroatoms. The van der Waals surface area contributed by atoms with Gasteiger partial charge in [-0.15, -0.1) is 0 Å². The molecule has 0 aromatic rings. The third kappa shape index (κ3) is 2.01. The van der Waals surface area contributed by atoms with Crippen molar-refractivity contribution < 1.29 is 29.3 Å². The number of fused-ring (bicyclic) bond motifs is 5. The van der Waals surface area contributed by atoms with Gasteiger partial charge in [-0.1, -0.05) is 25.5 Å². The van der Waals surface area contributed by atoms with Crippen LogP contribution in [-0.4, -0.2) is 50.9 Å². The van der Waals surface area contributed by atoms with E-state index in [1.807, 2.05) is 0 Å². The quantitative estimate of drug-likeness (QED) is 0.667. The summed E-state index contributed by atoms with van der Waals surface area (Å²) in [7, 11) is 0. The molecular weight excluding hydrogens is 363 g/mol. The van der Waals surface area contributed by atoms with E-state index in [0.29, 0.717) is 24.8 Å². The highest BCUT2D eigenvalue weighted by molar-refractivity contribution is 6.01. The molecule has 4 aliphatic carbocycles. The summed E-state index contributed by atoms with van der Waals surface area (Å²) >= 11 is 0. The number of hydrogen-bond acceptors (Lipinski definition) is 5. The van der Waals surface area contributed by atoms with Crippen LogP contribution in [0.4, 0.5) is 4.39 Å². The monoisotopic (exact) mass is 392 g/mol. The van der Waals surface area contributed by atoms with Crippen molar-refractivity contribution >= 4 is 11.6 Å². The smallest absolute Gasteiger partial charge is 0.190 e. The van der Waals surface area contributed by atoms with Gasteiger partial charge in [-0.3, -0.25) is 9.59 Å². The number of ketones is 2. The minimum absolute atomic E-state index is 0.0676. The Morgan fingerprint density at radius 2 is 2.00 bits per heavy atom. The number of hydrogen-bond donors (Lipinski definition) is 3. The summed E-state index contributed by atoms with van der Waals surface area (Å²) in [5.74, 6) is -2.12. The van der Waals surface area contributed by atoms with Crippen molar-refractivity contribution in [2.24, 2.45) is 28.6 Å². The number of halogens is 1. The maximum absolute atomic E-state index is 16.9. The Balaban J connectivity index is 1.84. The van der Waals surface area contributed by atoms with Crippen LogP contribution in [0.3, 0.4) is 0 Å². The Bertz CT molecular complexity index is 805. The average Bonchev–Trinajstić information content (AvgIpc) is 2.84. The summed E-state index contributed by atoms with van der Waals surface area (Å²) < 4.78 is 16.9. The van der Waals surface area contributed by atoms with E-state index in [0.717, 1.165) is 0 Å². The zero-order valence-electron chi connectivity index (χ0n) is 16.6. The Morgan fingerprint density at radius 3 is 2.64 bits per heavy atom. The Hall–Kier alpha value is -1.37. The first kappa shape index (κ1) is 19.9. The third-order valence-electron chi connectivity index (χ3n) is 8.79. The second-order valence-electron chi connectivity index (χ2n) is 9.75. The maximum atomic E-state index is 16.9. The van der Waals surface area contributed by atoms with Gasteiger partial charge in [-0.2, -0.15) is 0 Å². The first-order valence-electron chi connectivity index (χ1n) is 10.1. The second-order valence-corrected chi connectivity index (χ2v) is 9.75. The van der Waals surface area contributed by atoms with Crippen LogP contribution in [0.15, 0.2) is 23.8 Å². The molecule has 0 saturated heterocycles. The highest BCUT2D eigenvalue weighted by Crippen LogP contribution is 2.70. The lowest BCUT2D eigenvalue weighted by atomic mass is 9.44. The van der Waals surface area contributed by atoms with Crippen molar-refractivity contribution in [3.63, 3.8) is 0 Å². The van der Waals surface area contributed by atoms with Gasteiger partial charge in [0.25, 0.3) is 0 Å². The summed E-state index contributed by atoms with van der Waals surface area (Å²) in [5, 5.41) is 32.0. The zero-order chi connectivity index (χ0) is 20.7. The van der Waals surface area contributed by atoms with Gasteiger partial charge in [0.15, 0.2) is 17.2 Å². The van der Waals surface area contributed by atoms with E-state index in [1.54, 1.807) is 26.8 Å². The van der Waals surface area contributed by atoms with Crippen molar-refractivity contribution in [3.05, 3.63) is 23.8 Å². The zero-order valence-corrected chi connectivity index (χ0v) is 16.6. The molecule has 4 aliphatic rings. The van der Waals surface area contributed by atoms with Crippen LogP contribution in [-0.2, 0) is 9.59 Å². The fourth-order valence-electron chi connectivity index (χ4n) is 7.26. The molecule has 0 amide bonds. The van der Waals surface area contributed by atoms with Crippen LogP contribution in [0.1, 0.15) is 46.5 Å². The lowest BCUT2D eigenvalue weighted by Crippen LogP contribution is -2.69. The number of rotatable bonds is 2. The van der Waals surface area contributed by atoms with Gasteiger partial charge in [-0.25, -0.2) is 4.39 Å². The molecule has 5 nitrogen and oxygen atoms in total. The molecule has 0 aliphatic heterocycles. The number of Topliss-reactive ketones (excluding diaryl/α,β-unsaturated/α-hetero) is 1. The minimum Gasteiger partial charge on any atom is -0.390 e. The maximum Gasteiger partial charge on any atom is 0.190 e. The van der Waals surface area contributed by atoms with Gasteiger partial charge in [0, 0.05) is 16.7 Å². The molecule has 0 bridgehead atoms. The summed E-state index contributed by atoms with van der Waals surface area (Å²) in [5.41, 5.74) is -5.17. The highest BCUT2D eigenvalue weighted by atomic mass is 19.1. The van der Waals surface area contributed by atoms with Crippen molar-refractivity contribution in [1.82, 2.24) is 0 Å². The molecule has 0 heterocycles. The van der Waals surface area contributed by atoms with Crippen molar-refractivity contribution in [2.45, 2.75) is 63.8 Å². The molecule has 28 heavy (non-hydrogen) atoms. The second kappa shape index (κ2) is 5.83. The number of aliphatic hydroxyl groups excluding tert-OH is 2. The molecule has 154 valence electrons. The lowest BCUT2D eigenvalue weighted by Gasteiger charge is -2.62. The van der Waals surface area contributed by atoms with Gasteiger partial charge in [0.2, 0.25) is 0 Å². The number of alkyl halides is 1. The van der Waals surface area contributed by atoms with Crippen LogP contribution < -0.4 is 0 Å². The van der Waals surface area contributed by atoms with E-state index in [1.165, 1.54) is 12.2 Å². The Kier molecular flexibility index (Phi) is 4.15. The SMILES string of the molecule is C[C@@H]1C[C@H]2[C@@H]3CCC4=CC(=O)C=CC4(C)C3(F)C(O)C[C@]2(C)[C@@]1(O)C(=O)CO. The number of carbonyl (C=O) groups is 2. The average molecular weight is 392 g/mol. The van der Waals surface area contributed by atoms with Crippen molar-refractivity contribution in [3.8, 4) is 0 Å². The Morgan fingerprint density at radius 1 is 1.32 bits per heavy atom. The normalized spacial score (nSPS) is 52.5. The third-order valence-corrected chi connectivity index (χ3v) is 8.79. The molecule has 3 fully saturated rings. The topological polar surface area (TPSA) is 94.8 Å². The van der Waals surface area contributed by atoms with Crippen LogP contribution in [0, 0.1) is 28.6 Å².